The largest absolute Gasteiger partial charge is 0.455 e. The van der Waals surface area contributed by atoms with Crippen LogP contribution in [0.5, 0.6) is 0 Å². The average molecular weight is 198 g/mol. The molecule has 0 amide bonds. The molecule has 0 spiro atoms. The Bertz CT molecular complexity index is 325. The summed E-state index contributed by atoms with van der Waals surface area (Å²) in [6, 6.07) is 1.47. The van der Waals surface area contributed by atoms with Crippen molar-refractivity contribution in [2.75, 3.05) is 0 Å². The maximum Gasteiger partial charge on any atom is 0.359 e. The molecule has 5 nitrogen and oxygen atoms in total. The molecule has 0 bridgehead atoms. The third kappa shape index (κ3) is 2.85. The minimum Gasteiger partial charge on any atom is -0.455 e. The highest BCUT2D eigenvalue weighted by molar-refractivity contribution is 5.87. The maximum atomic E-state index is 11.4. The Morgan fingerprint density at radius 3 is 2.71 bits per heavy atom. The molecule has 0 saturated carbocycles. The van der Waals surface area contributed by atoms with Gasteiger partial charge < -0.3 is 9.84 Å². The van der Waals surface area contributed by atoms with Gasteiger partial charge in [0.05, 0.1) is 12.3 Å². The number of H-pyrrole nitrogens is 1. The Kier molecular flexibility index (Phi) is 2.90. The van der Waals surface area contributed by atoms with E-state index in [1.165, 1.54) is 6.07 Å². The normalized spacial score (nSPS) is 11.4. The topological polar surface area (TPSA) is 75.2 Å². The molecule has 5 heteroatoms. The predicted molar refractivity (Wildman–Crippen MR) is 49.7 cm³/mol. The van der Waals surface area contributed by atoms with E-state index in [9.17, 15) is 4.79 Å². The summed E-state index contributed by atoms with van der Waals surface area (Å²) >= 11 is 0. The summed E-state index contributed by atoms with van der Waals surface area (Å²) in [4.78, 5) is 11.4. The zero-order valence-electron chi connectivity index (χ0n) is 8.50. The van der Waals surface area contributed by atoms with Gasteiger partial charge in [-0.15, -0.1) is 0 Å². The number of esters is 1. The molecule has 0 unspecified atom stereocenters. The smallest absolute Gasteiger partial charge is 0.359 e. The van der Waals surface area contributed by atoms with Gasteiger partial charge in [0.25, 0.3) is 0 Å². The van der Waals surface area contributed by atoms with E-state index in [2.05, 4.69) is 10.2 Å². The van der Waals surface area contributed by atoms with Gasteiger partial charge in [-0.3, -0.25) is 5.10 Å². The van der Waals surface area contributed by atoms with Gasteiger partial charge in [-0.2, -0.15) is 5.10 Å². The molecule has 0 aliphatic carbocycles. The number of nitrogens with zero attached hydrogens (tertiary/aromatic N) is 1. The quantitative estimate of drug-likeness (QED) is 0.691. The molecule has 0 aliphatic rings. The van der Waals surface area contributed by atoms with Crippen molar-refractivity contribution in [1.29, 1.82) is 0 Å². The van der Waals surface area contributed by atoms with E-state index in [4.69, 9.17) is 9.84 Å². The fourth-order valence-electron chi connectivity index (χ4n) is 0.878. The van der Waals surface area contributed by atoms with Gasteiger partial charge in [-0.1, -0.05) is 0 Å². The van der Waals surface area contributed by atoms with Crippen molar-refractivity contribution in [3.8, 4) is 0 Å². The zero-order valence-corrected chi connectivity index (χ0v) is 8.50. The van der Waals surface area contributed by atoms with Gasteiger partial charge in [-0.25, -0.2) is 4.79 Å². The summed E-state index contributed by atoms with van der Waals surface area (Å²) in [5, 5.41) is 15.0. The van der Waals surface area contributed by atoms with E-state index in [0.29, 0.717) is 5.69 Å². The summed E-state index contributed by atoms with van der Waals surface area (Å²) in [6.07, 6.45) is 0. The Morgan fingerprint density at radius 2 is 2.29 bits per heavy atom. The van der Waals surface area contributed by atoms with Crippen molar-refractivity contribution >= 4 is 5.97 Å². The molecule has 0 saturated heterocycles. The first-order valence-corrected chi connectivity index (χ1v) is 4.31. The van der Waals surface area contributed by atoms with Crippen molar-refractivity contribution in [3.05, 3.63) is 17.5 Å². The SMILES string of the molecule is CC(C)(C)OC(=O)c1cc(CO)[nH]n1. The van der Waals surface area contributed by atoms with Gasteiger partial charge >= 0.3 is 5.97 Å². The van der Waals surface area contributed by atoms with Crippen LogP contribution in [0.1, 0.15) is 37.0 Å². The third-order valence-corrected chi connectivity index (χ3v) is 1.41. The van der Waals surface area contributed by atoms with Crippen LogP contribution in [0.3, 0.4) is 0 Å². The van der Waals surface area contributed by atoms with E-state index in [0.717, 1.165) is 0 Å². The number of aromatic amines is 1. The van der Waals surface area contributed by atoms with Crippen molar-refractivity contribution in [2.24, 2.45) is 0 Å². The molecule has 1 rings (SSSR count). The van der Waals surface area contributed by atoms with Gasteiger partial charge in [0, 0.05) is 0 Å². The third-order valence-electron chi connectivity index (χ3n) is 1.41. The number of hydrogen-bond donors (Lipinski definition) is 2. The van der Waals surface area contributed by atoms with Crippen LogP contribution in [0.2, 0.25) is 0 Å². The highest BCUT2D eigenvalue weighted by Gasteiger charge is 2.19. The second kappa shape index (κ2) is 3.79. The van der Waals surface area contributed by atoms with Crippen molar-refractivity contribution in [2.45, 2.75) is 33.0 Å². The molecule has 78 valence electrons. The molecule has 0 radical (unpaired) electrons. The predicted octanol–water partition coefficient (Wildman–Crippen LogP) is 0.857. The van der Waals surface area contributed by atoms with Gasteiger partial charge in [0.1, 0.15) is 5.60 Å². The number of hydrogen-bond acceptors (Lipinski definition) is 4. The first-order chi connectivity index (χ1) is 6.42. The summed E-state index contributed by atoms with van der Waals surface area (Å²) in [7, 11) is 0. The minimum absolute atomic E-state index is 0.171. The Hall–Kier alpha value is -1.36. The van der Waals surface area contributed by atoms with Crippen LogP contribution in [0.15, 0.2) is 6.07 Å². The van der Waals surface area contributed by atoms with E-state index in [1.807, 2.05) is 0 Å². The summed E-state index contributed by atoms with van der Waals surface area (Å²) < 4.78 is 5.08. The second-order valence-corrected chi connectivity index (χ2v) is 3.94. The molecule has 0 fully saturated rings. The highest BCUT2D eigenvalue weighted by Crippen LogP contribution is 2.11. The number of ether oxygens (including phenoxy) is 1. The van der Waals surface area contributed by atoms with Gasteiger partial charge in [-0.05, 0) is 26.8 Å². The summed E-state index contributed by atoms with van der Waals surface area (Å²) in [5.41, 5.74) is 0.143. The number of carbonyl (C=O) groups is 1. The average Bonchev–Trinajstić information content (AvgIpc) is 2.48. The van der Waals surface area contributed by atoms with E-state index in [1.54, 1.807) is 20.8 Å². The van der Waals surface area contributed by atoms with Crippen LogP contribution in [-0.2, 0) is 11.3 Å². The molecule has 0 atom stereocenters. The molecule has 2 N–H and O–H groups in total. The van der Waals surface area contributed by atoms with Crippen LogP contribution in [0.25, 0.3) is 0 Å². The van der Waals surface area contributed by atoms with Crippen molar-refractivity contribution < 1.29 is 14.6 Å². The van der Waals surface area contributed by atoms with Crippen LogP contribution in [0, 0.1) is 0 Å². The highest BCUT2D eigenvalue weighted by atomic mass is 16.6. The Labute approximate surface area is 82.1 Å². The van der Waals surface area contributed by atoms with Gasteiger partial charge in [0.2, 0.25) is 0 Å². The molecule has 1 aromatic heterocycles. The molecule has 0 aliphatic heterocycles. The summed E-state index contributed by atoms with van der Waals surface area (Å²) in [5.74, 6) is -0.492. The molecule has 1 aromatic rings. The van der Waals surface area contributed by atoms with E-state index < -0.39 is 11.6 Å². The molecule has 14 heavy (non-hydrogen) atoms. The fourth-order valence-corrected chi connectivity index (χ4v) is 0.878. The molecule has 1 heterocycles. The lowest BCUT2D eigenvalue weighted by Crippen LogP contribution is -2.24. The standard InChI is InChI=1S/C9H14N2O3/c1-9(2,3)14-8(13)7-4-6(5-12)10-11-7/h4,12H,5H2,1-3H3,(H,10,11). The van der Waals surface area contributed by atoms with Gasteiger partial charge in [0.15, 0.2) is 5.69 Å². The summed E-state index contributed by atoms with van der Waals surface area (Å²) in [6.45, 7) is 5.18. The van der Waals surface area contributed by atoms with Crippen molar-refractivity contribution in [1.82, 2.24) is 10.2 Å². The molecular weight excluding hydrogens is 184 g/mol. The maximum absolute atomic E-state index is 11.4. The zero-order chi connectivity index (χ0) is 10.8. The van der Waals surface area contributed by atoms with Crippen LogP contribution in [0.4, 0.5) is 0 Å². The van der Waals surface area contributed by atoms with Crippen LogP contribution < -0.4 is 0 Å². The molecule has 0 aromatic carbocycles. The first-order valence-electron chi connectivity index (χ1n) is 4.31. The van der Waals surface area contributed by atoms with E-state index in [-0.39, 0.29) is 12.3 Å². The minimum atomic E-state index is -0.532. The number of aliphatic hydroxyl groups is 1. The Morgan fingerprint density at radius 1 is 1.64 bits per heavy atom. The number of carbonyl (C=O) groups excluding carboxylic acids is 1. The van der Waals surface area contributed by atoms with Crippen molar-refractivity contribution in [3.63, 3.8) is 0 Å². The second-order valence-electron chi connectivity index (χ2n) is 3.94. The van der Waals surface area contributed by atoms with E-state index >= 15 is 0 Å². The lowest BCUT2D eigenvalue weighted by molar-refractivity contribution is 0.00628. The number of nitrogens with one attached hydrogen (secondary N) is 1. The van der Waals surface area contributed by atoms with Crippen LogP contribution >= 0.6 is 0 Å². The Balaban J connectivity index is 2.70. The number of aromatic nitrogens is 2. The lowest BCUT2D eigenvalue weighted by atomic mass is 10.2. The fraction of sp³-hybridized carbons (Fsp3) is 0.556. The number of rotatable bonds is 2. The van der Waals surface area contributed by atoms with Crippen LogP contribution in [-0.4, -0.2) is 26.9 Å². The lowest BCUT2D eigenvalue weighted by Gasteiger charge is -2.18. The molecular formula is C9H14N2O3. The first kappa shape index (κ1) is 10.7. The monoisotopic (exact) mass is 198 g/mol. The number of aliphatic hydroxyl groups excluding tert-OH is 1.